The number of aromatic nitrogens is 2. The van der Waals surface area contributed by atoms with Gasteiger partial charge in [-0.25, -0.2) is 4.98 Å². The van der Waals surface area contributed by atoms with E-state index in [1.807, 2.05) is 66.1 Å². The minimum Gasteiger partial charge on any atom is -0.495 e. The number of fused-ring (bicyclic) bond motifs is 2. The summed E-state index contributed by atoms with van der Waals surface area (Å²) in [6, 6.07) is 23.9. The number of hydrogen-bond donors (Lipinski definition) is 0. The molecule has 0 N–H and O–H groups in total. The van der Waals surface area contributed by atoms with E-state index in [1.54, 1.807) is 7.11 Å². The second-order valence-corrected chi connectivity index (χ2v) is 10.8. The Morgan fingerprint density at radius 2 is 1.76 bits per heavy atom. The minimum atomic E-state index is 0.0505. The summed E-state index contributed by atoms with van der Waals surface area (Å²) < 4.78 is 9.19. The van der Waals surface area contributed by atoms with E-state index in [0.29, 0.717) is 11.5 Å². The number of piperidine rings is 1. The van der Waals surface area contributed by atoms with Crippen LogP contribution in [0.1, 0.15) is 46.1 Å². The molecule has 1 aliphatic rings. The summed E-state index contributed by atoms with van der Waals surface area (Å²) in [7, 11) is 1.69. The number of hydrogen-bond acceptors (Lipinski definition) is 5. The van der Waals surface area contributed by atoms with Crippen LogP contribution < -0.4 is 4.74 Å². The van der Waals surface area contributed by atoms with Crippen LogP contribution in [0.4, 0.5) is 0 Å². The average Bonchev–Trinajstić information content (AvgIpc) is 3.55. The van der Waals surface area contributed by atoms with Crippen LogP contribution in [0.15, 0.2) is 79.0 Å². The van der Waals surface area contributed by atoms with Crippen molar-refractivity contribution in [1.82, 2.24) is 14.5 Å². The van der Waals surface area contributed by atoms with Gasteiger partial charge in [-0.05, 0) is 57.1 Å². The zero-order valence-electron chi connectivity index (χ0n) is 21.1. The Hall–Kier alpha value is -3.48. The first-order valence-corrected chi connectivity index (χ1v) is 13.9. The van der Waals surface area contributed by atoms with Crippen molar-refractivity contribution in [2.75, 3.05) is 26.7 Å². The maximum atomic E-state index is 13.3. The highest BCUT2D eigenvalue weighted by Crippen LogP contribution is 2.34. The van der Waals surface area contributed by atoms with Crippen molar-refractivity contribution in [3.63, 3.8) is 0 Å². The number of nitrogens with zero attached hydrogens (tertiary/aromatic N) is 3. The van der Waals surface area contributed by atoms with Gasteiger partial charge in [-0.15, -0.1) is 11.3 Å². The van der Waals surface area contributed by atoms with E-state index < -0.39 is 0 Å². The van der Waals surface area contributed by atoms with Gasteiger partial charge >= 0.3 is 0 Å². The highest BCUT2D eigenvalue weighted by molar-refractivity contribution is 7.18. The first-order chi connectivity index (χ1) is 18.2. The Balaban J connectivity index is 1.13. The number of methoxy groups -OCH3 is 1. The summed E-state index contributed by atoms with van der Waals surface area (Å²) >= 11 is 1.86. The number of carbonyl (C=O) groups excluding carboxylic acids is 1. The van der Waals surface area contributed by atoms with Gasteiger partial charge in [0.05, 0.1) is 27.9 Å². The van der Waals surface area contributed by atoms with Gasteiger partial charge in [-0.1, -0.05) is 54.6 Å². The topological polar surface area (TPSA) is 47.4 Å². The number of ether oxygens (including phenoxy) is 1. The highest BCUT2D eigenvalue weighted by atomic mass is 32.1. The van der Waals surface area contributed by atoms with Gasteiger partial charge in [0.1, 0.15) is 5.75 Å². The molecular weight excluding hydrogens is 478 g/mol. The number of benzene rings is 3. The molecule has 1 fully saturated rings. The molecule has 6 heteroatoms. The second-order valence-electron chi connectivity index (χ2n) is 9.78. The summed E-state index contributed by atoms with van der Waals surface area (Å²) in [5.41, 5.74) is 3.57. The third-order valence-corrected chi connectivity index (χ3v) is 8.68. The van der Waals surface area contributed by atoms with E-state index in [9.17, 15) is 4.79 Å². The number of rotatable bonds is 8. The third-order valence-electron chi connectivity index (χ3n) is 7.48. The molecular formula is C31H31N3O2S. The molecule has 0 saturated carbocycles. The van der Waals surface area contributed by atoms with Crippen molar-refractivity contribution < 1.29 is 9.53 Å². The van der Waals surface area contributed by atoms with E-state index in [-0.39, 0.29) is 5.78 Å². The first-order valence-electron chi connectivity index (χ1n) is 13.0. The predicted octanol–water partition coefficient (Wildman–Crippen LogP) is 6.76. The lowest BCUT2D eigenvalue weighted by Gasteiger charge is -2.31. The normalized spacial score (nSPS) is 14.9. The van der Waals surface area contributed by atoms with Gasteiger partial charge in [0.2, 0.25) is 0 Å². The first kappa shape index (κ1) is 23.9. The standard InChI is InChI=1S/C31H31N3O2S/c1-36-27-13-7-11-24-25(30(35)22-9-3-2-4-10-22)21-34(29(24)27)18-8-17-33-19-15-23(16-20-33)31-32-26-12-5-6-14-28(26)37-31/h2-7,9-14,21,23H,8,15-20H2,1H3. The number of ketones is 1. The van der Waals surface area contributed by atoms with Crippen LogP contribution in [-0.2, 0) is 6.54 Å². The Morgan fingerprint density at radius 3 is 2.54 bits per heavy atom. The van der Waals surface area contributed by atoms with Crippen LogP contribution in [0.5, 0.6) is 5.75 Å². The summed E-state index contributed by atoms with van der Waals surface area (Å²) in [5.74, 6) is 1.42. The van der Waals surface area contributed by atoms with E-state index in [4.69, 9.17) is 9.72 Å². The maximum absolute atomic E-state index is 13.3. The van der Waals surface area contributed by atoms with Crippen molar-refractivity contribution in [2.45, 2.75) is 31.7 Å². The molecule has 1 aliphatic heterocycles. The monoisotopic (exact) mass is 509 g/mol. The average molecular weight is 510 g/mol. The minimum absolute atomic E-state index is 0.0505. The Labute approximate surface area is 221 Å². The van der Waals surface area contributed by atoms with Gasteiger partial charge in [0.15, 0.2) is 5.78 Å². The molecule has 0 bridgehead atoms. The second kappa shape index (κ2) is 10.5. The fourth-order valence-corrected chi connectivity index (χ4v) is 6.66. The van der Waals surface area contributed by atoms with Crippen LogP contribution in [0.3, 0.4) is 0 Å². The van der Waals surface area contributed by atoms with E-state index in [1.165, 1.54) is 9.71 Å². The largest absolute Gasteiger partial charge is 0.495 e. The fourth-order valence-electron chi connectivity index (χ4n) is 5.53. The number of likely N-dealkylation sites (tertiary alicyclic amines) is 1. The van der Waals surface area contributed by atoms with Crippen molar-refractivity contribution in [1.29, 1.82) is 0 Å². The molecule has 3 heterocycles. The molecule has 0 atom stereocenters. The van der Waals surface area contributed by atoms with Crippen LogP contribution in [0.2, 0.25) is 0 Å². The van der Waals surface area contributed by atoms with E-state index >= 15 is 0 Å². The van der Waals surface area contributed by atoms with Crippen molar-refractivity contribution in [3.05, 3.63) is 95.1 Å². The lowest BCUT2D eigenvalue weighted by atomic mass is 9.97. The van der Waals surface area contributed by atoms with Gasteiger partial charge in [0, 0.05) is 35.2 Å². The molecule has 188 valence electrons. The van der Waals surface area contributed by atoms with Crippen LogP contribution in [0, 0.1) is 0 Å². The Kier molecular flexibility index (Phi) is 6.77. The molecule has 3 aromatic carbocycles. The molecule has 0 unspecified atom stereocenters. The highest BCUT2D eigenvalue weighted by Gasteiger charge is 2.24. The molecule has 0 spiro atoms. The molecule has 5 nitrogen and oxygen atoms in total. The SMILES string of the molecule is COc1cccc2c(C(=O)c3ccccc3)cn(CCCN3CCC(c4nc5ccccc5s4)CC3)c12. The molecule has 1 saturated heterocycles. The quantitative estimate of drug-likeness (QED) is 0.217. The summed E-state index contributed by atoms with van der Waals surface area (Å²) in [4.78, 5) is 20.8. The maximum Gasteiger partial charge on any atom is 0.195 e. The number of aryl methyl sites for hydroxylation is 1. The van der Waals surface area contributed by atoms with Crippen LogP contribution >= 0.6 is 11.3 Å². The van der Waals surface area contributed by atoms with Gasteiger partial charge in [-0.3, -0.25) is 4.79 Å². The van der Waals surface area contributed by atoms with Crippen LogP contribution in [0.25, 0.3) is 21.1 Å². The summed E-state index contributed by atoms with van der Waals surface area (Å²) in [5, 5.41) is 2.24. The van der Waals surface area contributed by atoms with Crippen molar-refractivity contribution in [3.8, 4) is 5.75 Å². The van der Waals surface area contributed by atoms with E-state index in [2.05, 4.69) is 33.7 Å². The Morgan fingerprint density at radius 1 is 0.973 bits per heavy atom. The third kappa shape index (κ3) is 4.79. The zero-order valence-corrected chi connectivity index (χ0v) is 21.9. The molecule has 2 aromatic heterocycles. The zero-order chi connectivity index (χ0) is 25.2. The number of para-hydroxylation sites is 2. The number of carbonyl (C=O) groups is 1. The van der Waals surface area contributed by atoms with Crippen molar-refractivity contribution in [2.24, 2.45) is 0 Å². The van der Waals surface area contributed by atoms with Gasteiger partial charge < -0.3 is 14.2 Å². The van der Waals surface area contributed by atoms with E-state index in [0.717, 1.165) is 73.2 Å². The molecule has 37 heavy (non-hydrogen) atoms. The summed E-state index contributed by atoms with van der Waals surface area (Å²) in [6.07, 6.45) is 5.36. The molecule has 0 amide bonds. The van der Waals surface area contributed by atoms with Gasteiger partial charge in [0.25, 0.3) is 0 Å². The Bertz CT molecular complexity index is 1500. The van der Waals surface area contributed by atoms with Crippen LogP contribution in [-0.4, -0.2) is 47.0 Å². The van der Waals surface area contributed by atoms with Gasteiger partial charge in [-0.2, -0.15) is 0 Å². The lowest BCUT2D eigenvalue weighted by Crippen LogP contribution is -2.34. The fraction of sp³-hybridized carbons (Fsp3) is 0.290. The molecule has 0 aliphatic carbocycles. The number of thiazole rings is 1. The summed E-state index contributed by atoms with van der Waals surface area (Å²) in [6.45, 7) is 4.10. The lowest BCUT2D eigenvalue weighted by molar-refractivity contribution is 0.104. The molecule has 6 rings (SSSR count). The molecule has 5 aromatic rings. The van der Waals surface area contributed by atoms with Crippen molar-refractivity contribution >= 4 is 38.2 Å². The molecule has 0 radical (unpaired) electrons. The smallest absolute Gasteiger partial charge is 0.195 e. The predicted molar refractivity (Wildman–Crippen MR) is 151 cm³/mol.